The van der Waals surface area contributed by atoms with Gasteiger partial charge in [-0.15, -0.1) is 0 Å². The molecule has 1 aliphatic carbocycles. The van der Waals surface area contributed by atoms with Crippen LogP contribution in [0.15, 0.2) is 170 Å². The van der Waals surface area contributed by atoms with Crippen molar-refractivity contribution in [3.8, 4) is 5.69 Å². The highest BCUT2D eigenvalue weighted by Gasteiger charge is 2.16. The summed E-state index contributed by atoms with van der Waals surface area (Å²) >= 11 is 0. The largest absolute Gasteiger partial charge is 0.311 e. The van der Waals surface area contributed by atoms with Crippen molar-refractivity contribution < 1.29 is 0 Å². The summed E-state index contributed by atoms with van der Waals surface area (Å²) < 4.78 is 2.38. The van der Waals surface area contributed by atoms with E-state index >= 15 is 0 Å². The maximum Gasteiger partial charge on any atom is 0.0541 e. The first-order valence-corrected chi connectivity index (χ1v) is 18.2. The van der Waals surface area contributed by atoms with Gasteiger partial charge in [0, 0.05) is 33.5 Å². The zero-order chi connectivity index (χ0) is 35.0. The van der Waals surface area contributed by atoms with Crippen LogP contribution in [0.4, 0.5) is 17.1 Å². The van der Waals surface area contributed by atoms with Crippen molar-refractivity contribution in [1.82, 2.24) is 4.57 Å². The van der Waals surface area contributed by atoms with Gasteiger partial charge in [0.25, 0.3) is 0 Å². The zero-order valence-electron chi connectivity index (χ0n) is 29.6. The van der Waals surface area contributed by atoms with Crippen LogP contribution >= 0.6 is 0 Å². The SMILES string of the molecule is Cc1ccc(N(c2ccc(C)cc2)c2ccc(/C=C/c3ccc4c(c3)CC=C(c3ccc(-n5c6ccccc6c6ccccc65)cc3)C4)cc2)cc1. The van der Waals surface area contributed by atoms with E-state index in [1.807, 2.05) is 0 Å². The van der Waals surface area contributed by atoms with Gasteiger partial charge in [0.05, 0.1) is 11.0 Å². The van der Waals surface area contributed by atoms with E-state index in [0.717, 1.165) is 29.9 Å². The van der Waals surface area contributed by atoms with E-state index in [2.05, 4.69) is 205 Å². The van der Waals surface area contributed by atoms with Crippen LogP contribution in [-0.4, -0.2) is 4.57 Å². The van der Waals surface area contributed by atoms with Crippen LogP contribution in [0.25, 0.3) is 45.2 Å². The minimum atomic E-state index is 0.948. The first kappa shape index (κ1) is 31.6. The van der Waals surface area contributed by atoms with Crippen molar-refractivity contribution in [1.29, 1.82) is 0 Å². The van der Waals surface area contributed by atoms with E-state index in [4.69, 9.17) is 0 Å². The number of para-hydroxylation sites is 2. The number of fused-ring (bicyclic) bond motifs is 4. The van der Waals surface area contributed by atoms with Crippen molar-refractivity contribution in [3.63, 3.8) is 0 Å². The molecular formula is C50H40N2. The second-order valence-corrected chi connectivity index (χ2v) is 14.0. The Bertz CT molecular complexity index is 2500. The van der Waals surface area contributed by atoms with E-state index in [-0.39, 0.29) is 0 Å². The van der Waals surface area contributed by atoms with Gasteiger partial charge in [-0.3, -0.25) is 0 Å². The Morgan fingerprint density at radius 2 is 1.02 bits per heavy atom. The fraction of sp³-hybridized carbons (Fsp3) is 0.0800. The topological polar surface area (TPSA) is 8.17 Å². The summed E-state index contributed by atoms with van der Waals surface area (Å²) in [6.07, 6.45) is 8.77. The molecule has 0 radical (unpaired) electrons. The minimum absolute atomic E-state index is 0.948. The van der Waals surface area contributed by atoms with Gasteiger partial charge in [-0.05, 0) is 121 Å². The lowest BCUT2D eigenvalue weighted by atomic mass is 9.87. The Balaban J connectivity index is 0.911. The monoisotopic (exact) mass is 668 g/mol. The molecule has 1 heterocycles. The lowest BCUT2D eigenvalue weighted by molar-refractivity contribution is 1.10. The Morgan fingerprint density at radius 1 is 0.500 bits per heavy atom. The van der Waals surface area contributed by atoms with Gasteiger partial charge in [0.15, 0.2) is 0 Å². The fourth-order valence-corrected chi connectivity index (χ4v) is 7.63. The number of benzene rings is 7. The van der Waals surface area contributed by atoms with Gasteiger partial charge in [0.1, 0.15) is 0 Å². The van der Waals surface area contributed by atoms with Crippen molar-refractivity contribution >= 4 is 56.6 Å². The second kappa shape index (κ2) is 13.4. The van der Waals surface area contributed by atoms with Crippen LogP contribution in [0.2, 0.25) is 0 Å². The number of aromatic nitrogens is 1. The number of hydrogen-bond acceptors (Lipinski definition) is 1. The van der Waals surface area contributed by atoms with Crippen molar-refractivity contribution in [2.75, 3.05) is 4.90 Å². The smallest absolute Gasteiger partial charge is 0.0541 e. The van der Waals surface area contributed by atoms with E-state index in [9.17, 15) is 0 Å². The third-order valence-corrected chi connectivity index (χ3v) is 10.5. The number of anilines is 3. The molecule has 0 spiro atoms. The molecule has 0 N–H and O–H groups in total. The molecular weight excluding hydrogens is 629 g/mol. The van der Waals surface area contributed by atoms with Crippen molar-refractivity contribution in [2.45, 2.75) is 26.7 Å². The third kappa shape index (κ3) is 6.03. The molecule has 0 amide bonds. The summed E-state index contributed by atoms with van der Waals surface area (Å²) in [5, 5.41) is 2.58. The molecule has 250 valence electrons. The van der Waals surface area contributed by atoms with Gasteiger partial charge < -0.3 is 9.47 Å². The van der Waals surface area contributed by atoms with Crippen LogP contribution in [0, 0.1) is 13.8 Å². The lowest BCUT2D eigenvalue weighted by Gasteiger charge is -2.25. The maximum atomic E-state index is 2.41. The molecule has 1 aliphatic rings. The summed E-state index contributed by atoms with van der Waals surface area (Å²) in [6.45, 7) is 4.26. The van der Waals surface area contributed by atoms with Crippen LogP contribution in [0.5, 0.6) is 0 Å². The molecule has 2 nitrogen and oxygen atoms in total. The molecule has 1 aromatic heterocycles. The van der Waals surface area contributed by atoms with Crippen molar-refractivity contribution in [3.05, 3.63) is 209 Å². The minimum Gasteiger partial charge on any atom is -0.311 e. The highest BCUT2D eigenvalue weighted by molar-refractivity contribution is 6.09. The van der Waals surface area contributed by atoms with Gasteiger partial charge in [-0.2, -0.15) is 0 Å². The standard InChI is InChI=1S/C50H40N2/c1-35-11-25-43(26-12-35)51(44-27-13-36(2)14-28-44)45-29-18-37(19-30-45)15-16-38-17-20-42-34-41(22-21-40(42)33-38)39-23-31-46(32-24-39)52-49-9-5-3-7-47(49)48-8-4-6-10-50(48)52/h3-20,22-33H,21,34H2,1-2H3/b16-15+. The predicted octanol–water partition coefficient (Wildman–Crippen LogP) is 13.2. The summed E-state index contributed by atoms with van der Waals surface area (Å²) in [7, 11) is 0. The molecule has 2 heteroatoms. The molecule has 8 aromatic rings. The highest BCUT2D eigenvalue weighted by atomic mass is 15.1. The molecule has 0 saturated carbocycles. The molecule has 0 fully saturated rings. The molecule has 0 saturated heterocycles. The summed E-state index contributed by atoms with van der Waals surface area (Å²) in [6, 6.07) is 59.8. The van der Waals surface area contributed by atoms with Crippen LogP contribution in [-0.2, 0) is 12.8 Å². The number of aryl methyl sites for hydroxylation is 2. The van der Waals surface area contributed by atoms with E-state index in [1.54, 1.807) is 0 Å². The summed E-state index contributed by atoms with van der Waals surface area (Å²) in [5.74, 6) is 0. The Labute approximate surface area is 306 Å². The Hall–Kier alpha value is -6.38. The first-order chi connectivity index (χ1) is 25.6. The zero-order valence-corrected chi connectivity index (χ0v) is 29.6. The van der Waals surface area contributed by atoms with Gasteiger partial charge in [-0.1, -0.05) is 132 Å². The van der Waals surface area contributed by atoms with Gasteiger partial charge >= 0.3 is 0 Å². The lowest BCUT2D eigenvalue weighted by Crippen LogP contribution is -2.09. The third-order valence-electron chi connectivity index (χ3n) is 10.5. The number of nitrogens with zero attached hydrogens (tertiary/aromatic N) is 2. The normalized spacial score (nSPS) is 12.7. The number of rotatable bonds is 7. The van der Waals surface area contributed by atoms with Crippen molar-refractivity contribution in [2.24, 2.45) is 0 Å². The molecule has 7 aromatic carbocycles. The highest BCUT2D eigenvalue weighted by Crippen LogP contribution is 2.36. The Kier molecular flexibility index (Phi) is 8.14. The first-order valence-electron chi connectivity index (χ1n) is 18.2. The predicted molar refractivity (Wildman–Crippen MR) is 222 cm³/mol. The summed E-state index contributed by atoms with van der Waals surface area (Å²) in [5.41, 5.74) is 17.6. The number of hydrogen-bond donors (Lipinski definition) is 0. The average Bonchev–Trinajstić information content (AvgIpc) is 3.53. The van der Waals surface area contributed by atoms with E-state index in [1.165, 1.54) is 72.0 Å². The molecule has 52 heavy (non-hydrogen) atoms. The maximum absolute atomic E-state index is 2.41. The van der Waals surface area contributed by atoms with Crippen LogP contribution in [0.1, 0.15) is 38.9 Å². The quantitative estimate of drug-likeness (QED) is 0.153. The van der Waals surface area contributed by atoms with Crippen LogP contribution < -0.4 is 4.90 Å². The number of allylic oxidation sites excluding steroid dienone is 2. The molecule has 0 atom stereocenters. The van der Waals surface area contributed by atoms with E-state index < -0.39 is 0 Å². The fourth-order valence-electron chi connectivity index (χ4n) is 7.63. The molecule has 0 unspecified atom stereocenters. The second-order valence-electron chi connectivity index (χ2n) is 14.0. The molecule has 0 bridgehead atoms. The van der Waals surface area contributed by atoms with Gasteiger partial charge in [-0.25, -0.2) is 0 Å². The molecule has 9 rings (SSSR count). The Morgan fingerprint density at radius 3 is 1.62 bits per heavy atom. The van der Waals surface area contributed by atoms with Gasteiger partial charge in [0.2, 0.25) is 0 Å². The summed E-state index contributed by atoms with van der Waals surface area (Å²) in [4.78, 5) is 2.32. The van der Waals surface area contributed by atoms with Crippen LogP contribution in [0.3, 0.4) is 0 Å². The molecule has 0 aliphatic heterocycles. The average molecular weight is 669 g/mol. The van der Waals surface area contributed by atoms with E-state index in [0.29, 0.717) is 0 Å².